The number of hydrogen-bond donors (Lipinski definition) is 2. The Morgan fingerprint density at radius 3 is 2.78 bits per heavy atom. The summed E-state index contributed by atoms with van der Waals surface area (Å²) in [6.07, 6.45) is 1.14. The average Bonchev–Trinajstić information content (AvgIpc) is 2.36. The van der Waals surface area contributed by atoms with Crippen molar-refractivity contribution in [3.8, 4) is 0 Å². The molecule has 5 heteroatoms. The van der Waals surface area contributed by atoms with E-state index >= 15 is 0 Å². The van der Waals surface area contributed by atoms with Gasteiger partial charge in [0.15, 0.2) is 0 Å². The Labute approximate surface area is 111 Å². The molecular formula is C13H21NO3S. The second-order valence-corrected chi connectivity index (χ2v) is 5.69. The topological polar surface area (TPSA) is 58.6 Å². The molecule has 0 aliphatic carbocycles. The third-order valence-corrected chi connectivity index (χ3v) is 3.15. The van der Waals surface area contributed by atoms with E-state index < -0.39 is 16.9 Å². The fourth-order valence-corrected chi connectivity index (χ4v) is 1.86. The molecule has 0 aromatic heterocycles. The Balaban J connectivity index is 2.03. The van der Waals surface area contributed by atoms with Gasteiger partial charge in [-0.25, -0.2) is 0 Å². The van der Waals surface area contributed by atoms with Crippen LogP contribution in [-0.4, -0.2) is 47.1 Å². The number of ether oxygens (including phenoxy) is 1. The van der Waals surface area contributed by atoms with Crippen LogP contribution in [0.3, 0.4) is 0 Å². The van der Waals surface area contributed by atoms with Crippen molar-refractivity contribution in [1.82, 2.24) is 5.32 Å². The standard InChI is InChI=1S/C13H21NO3S/c1-18(16)8-7-14-9-13(15)11-17-10-12-5-3-2-4-6-12/h2-6,13-15H,7-11H2,1H3. The maximum Gasteiger partial charge on any atom is 0.0897 e. The van der Waals surface area contributed by atoms with Gasteiger partial charge in [0.1, 0.15) is 0 Å². The van der Waals surface area contributed by atoms with Crippen molar-refractivity contribution in [2.75, 3.05) is 31.7 Å². The molecule has 0 aliphatic heterocycles. The average molecular weight is 271 g/mol. The molecule has 0 saturated heterocycles. The first-order valence-electron chi connectivity index (χ1n) is 5.99. The van der Waals surface area contributed by atoms with Crippen LogP contribution in [0.15, 0.2) is 30.3 Å². The molecule has 1 aromatic carbocycles. The summed E-state index contributed by atoms with van der Waals surface area (Å²) in [5, 5.41) is 12.7. The molecular weight excluding hydrogens is 250 g/mol. The monoisotopic (exact) mass is 271 g/mol. The van der Waals surface area contributed by atoms with Crippen LogP contribution in [0.1, 0.15) is 5.56 Å². The quantitative estimate of drug-likeness (QED) is 0.643. The molecule has 0 fully saturated rings. The zero-order valence-corrected chi connectivity index (χ0v) is 11.5. The van der Waals surface area contributed by atoms with Gasteiger partial charge in [-0.15, -0.1) is 0 Å². The highest BCUT2D eigenvalue weighted by Gasteiger charge is 2.03. The summed E-state index contributed by atoms with van der Waals surface area (Å²) in [5.74, 6) is 0.609. The molecule has 2 unspecified atom stereocenters. The maximum atomic E-state index is 10.8. The normalized spacial score (nSPS) is 14.3. The highest BCUT2D eigenvalue weighted by molar-refractivity contribution is 7.84. The van der Waals surface area contributed by atoms with Crippen molar-refractivity contribution in [2.45, 2.75) is 12.7 Å². The van der Waals surface area contributed by atoms with Gasteiger partial charge in [-0.2, -0.15) is 0 Å². The Morgan fingerprint density at radius 2 is 2.11 bits per heavy atom. The van der Waals surface area contributed by atoms with E-state index in [9.17, 15) is 9.32 Å². The highest BCUT2D eigenvalue weighted by Crippen LogP contribution is 2.00. The molecule has 0 amide bonds. The van der Waals surface area contributed by atoms with Crippen molar-refractivity contribution in [3.05, 3.63) is 35.9 Å². The van der Waals surface area contributed by atoms with Crippen molar-refractivity contribution >= 4 is 10.8 Å². The summed E-state index contributed by atoms with van der Waals surface area (Å²) in [6, 6.07) is 9.85. The van der Waals surface area contributed by atoms with Crippen LogP contribution in [0.5, 0.6) is 0 Å². The molecule has 102 valence electrons. The molecule has 1 aromatic rings. The van der Waals surface area contributed by atoms with Gasteiger partial charge in [0.2, 0.25) is 0 Å². The van der Waals surface area contributed by atoms with Gasteiger partial charge in [0.05, 0.1) is 19.3 Å². The van der Waals surface area contributed by atoms with Gasteiger partial charge in [-0.3, -0.25) is 4.21 Å². The molecule has 2 atom stereocenters. The van der Waals surface area contributed by atoms with Crippen molar-refractivity contribution in [1.29, 1.82) is 0 Å². The fraction of sp³-hybridized carbons (Fsp3) is 0.538. The van der Waals surface area contributed by atoms with Gasteiger partial charge in [0.25, 0.3) is 0 Å². The van der Waals surface area contributed by atoms with Crippen LogP contribution in [0.25, 0.3) is 0 Å². The van der Waals surface area contributed by atoms with Crippen LogP contribution in [0.2, 0.25) is 0 Å². The van der Waals surface area contributed by atoms with E-state index in [1.165, 1.54) is 0 Å². The zero-order valence-electron chi connectivity index (χ0n) is 10.7. The molecule has 4 nitrogen and oxygen atoms in total. The molecule has 0 saturated carbocycles. The number of hydrogen-bond acceptors (Lipinski definition) is 4. The van der Waals surface area contributed by atoms with E-state index in [4.69, 9.17) is 4.74 Å². The molecule has 18 heavy (non-hydrogen) atoms. The van der Waals surface area contributed by atoms with Gasteiger partial charge >= 0.3 is 0 Å². The summed E-state index contributed by atoms with van der Waals surface area (Å²) in [4.78, 5) is 0. The lowest BCUT2D eigenvalue weighted by atomic mass is 10.2. The minimum Gasteiger partial charge on any atom is -0.389 e. The number of benzene rings is 1. The van der Waals surface area contributed by atoms with E-state index in [1.54, 1.807) is 6.26 Å². The predicted molar refractivity (Wildman–Crippen MR) is 73.9 cm³/mol. The highest BCUT2D eigenvalue weighted by atomic mass is 32.2. The lowest BCUT2D eigenvalue weighted by Gasteiger charge is -2.12. The van der Waals surface area contributed by atoms with E-state index in [2.05, 4.69) is 5.32 Å². The summed E-state index contributed by atoms with van der Waals surface area (Å²) in [5.41, 5.74) is 1.10. The van der Waals surface area contributed by atoms with E-state index in [0.717, 1.165) is 5.56 Å². The first kappa shape index (κ1) is 15.3. The van der Waals surface area contributed by atoms with Crippen molar-refractivity contribution in [2.24, 2.45) is 0 Å². The Hall–Kier alpha value is -0.750. The molecule has 0 bridgehead atoms. The minimum atomic E-state index is -0.786. The summed E-state index contributed by atoms with van der Waals surface area (Å²) >= 11 is 0. The van der Waals surface area contributed by atoms with Gasteiger partial charge < -0.3 is 15.2 Å². The van der Waals surface area contributed by atoms with Crippen LogP contribution in [-0.2, 0) is 22.1 Å². The fourth-order valence-electron chi connectivity index (χ4n) is 1.43. The number of aliphatic hydroxyl groups excluding tert-OH is 1. The number of rotatable bonds is 9. The van der Waals surface area contributed by atoms with E-state index in [-0.39, 0.29) is 0 Å². The SMILES string of the molecule is CS(=O)CCNCC(O)COCc1ccccc1. The van der Waals surface area contributed by atoms with Crippen LogP contribution < -0.4 is 5.32 Å². The summed E-state index contributed by atoms with van der Waals surface area (Å²) in [6.45, 7) is 1.93. The molecule has 0 radical (unpaired) electrons. The van der Waals surface area contributed by atoms with Gasteiger partial charge in [0, 0.05) is 35.9 Å². The Bertz CT molecular complexity index is 345. The lowest BCUT2D eigenvalue weighted by Crippen LogP contribution is -2.32. The minimum absolute atomic E-state index is 0.303. The van der Waals surface area contributed by atoms with E-state index in [0.29, 0.717) is 32.1 Å². The van der Waals surface area contributed by atoms with Gasteiger partial charge in [-0.1, -0.05) is 30.3 Å². The first-order chi connectivity index (χ1) is 8.68. The molecule has 1 rings (SSSR count). The molecule has 0 heterocycles. The molecule has 2 N–H and O–H groups in total. The Morgan fingerprint density at radius 1 is 1.39 bits per heavy atom. The predicted octanol–water partition coefficient (Wildman–Crippen LogP) is 0.532. The first-order valence-corrected chi connectivity index (χ1v) is 7.71. The van der Waals surface area contributed by atoms with Crippen molar-refractivity contribution < 1.29 is 14.1 Å². The van der Waals surface area contributed by atoms with Crippen LogP contribution in [0, 0.1) is 0 Å². The second kappa shape index (κ2) is 9.22. The zero-order chi connectivity index (χ0) is 13.2. The van der Waals surface area contributed by atoms with Crippen LogP contribution in [0.4, 0.5) is 0 Å². The van der Waals surface area contributed by atoms with Crippen molar-refractivity contribution in [3.63, 3.8) is 0 Å². The number of nitrogens with one attached hydrogen (secondary N) is 1. The largest absolute Gasteiger partial charge is 0.389 e. The third kappa shape index (κ3) is 7.55. The number of aliphatic hydroxyl groups is 1. The maximum absolute atomic E-state index is 10.8. The molecule has 0 spiro atoms. The second-order valence-electron chi connectivity index (χ2n) is 4.14. The summed E-state index contributed by atoms with van der Waals surface area (Å²) < 4.78 is 16.2. The van der Waals surface area contributed by atoms with E-state index in [1.807, 2.05) is 30.3 Å². The van der Waals surface area contributed by atoms with Gasteiger partial charge in [-0.05, 0) is 5.56 Å². The lowest BCUT2D eigenvalue weighted by molar-refractivity contribution is 0.0291. The molecule has 0 aliphatic rings. The van der Waals surface area contributed by atoms with Crippen LogP contribution >= 0.6 is 0 Å². The Kier molecular flexibility index (Phi) is 7.84. The smallest absolute Gasteiger partial charge is 0.0897 e. The summed E-state index contributed by atoms with van der Waals surface area (Å²) in [7, 11) is -0.786. The third-order valence-electron chi connectivity index (χ3n) is 2.37.